The predicted molar refractivity (Wildman–Crippen MR) is 87.6 cm³/mol. The minimum Gasteiger partial charge on any atom is -0.478 e. The van der Waals surface area contributed by atoms with E-state index in [4.69, 9.17) is 9.15 Å². The van der Waals surface area contributed by atoms with Crippen LogP contribution < -0.4 is 0 Å². The van der Waals surface area contributed by atoms with Gasteiger partial charge in [0, 0.05) is 24.7 Å². The predicted octanol–water partition coefficient (Wildman–Crippen LogP) is 4.31. The largest absolute Gasteiger partial charge is 0.478 e. The molecule has 4 nitrogen and oxygen atoms in total. The summed E-state index contributed by atoms with van der Waals surface area (Å²) in [5.74, 6) is 0.367. The second-order valence-corrected chi connectivity index (χ2v) is 6.94. The zero-order valence-corrected chi connectivity index (χ0v) is 13.8. The third kappa shape index (κ3) is 2.91. The van der Waals surface area contributed by atoms with Crippen molar-refractivity contribution in [3.63, 3.8) is 0 Å². The zero-order valence-electron chi connectivity index (χ0n) is 13.8. The Labute approximate surface area is 136 Å². The number of methoxy groups -OCH3 is 1. The van der Waals surface area contributed by atoms with Gasteiger partial charge in [-0.1, -0.05) is 38.1 Å². The summed E-state index contributed by atoms with van der Waals surface area (Å²) >= 11 is 0. The maximum absolute atomic E-state index is 11.9. The number of hydrogen-bond donors (Lipinski definition) is 1. The summed E-state index contributed by atoms with van der Waals surface area (Å²) in [5.41, 5.74) is 3.01. The summed E-state index contributed by atoms with van der Waals surface area (Å²) in [6.07, 6.45) is 2.53. The molecule has 0 spiro atoms. The number of carbonyl (C=O) groups is 1. The maximum Gasteiger partial charge on any atom is 0.339 e. The van der Waals surface area contributed by atoms with Crippen molar-refractivity contribution in [1.82, 2.24) is 0 Å². The molecule has 122 valence electrons. The van der Waals surface area contributed by atoms with Gasteiger partial charge in [0.15, 0.2) is 0 Å². The molecule has 0 saturated carbocycles. The fraction of sp³-hybridized carbons (Fsp3) is 0.421. The van der Waals surface area contributed by atoms with E-state index in [1.807, 2.05) is 24.3 Å². The van der Waals surface area contributed by atoms with E-state index >= 15 is 0 Å². The number of benzene rings is 1. The number of fused-ring (bicyclic) bond motifs is 1. The third-order valence-corrected chi connectivity index (χ3v) is 4.55. The van der Waals surface area contributed by atoms with Crippen molar-refractivity contribution in [3.8, 4) is 11.3 Å². The molecule has 0 radical (unpaired) electrons. The Kier molecular flexibility index (Phi) is 4.02. The average molecular weight is 314 g/mol. The van der Waals surface area contributed by atoms with Crippen LogP contribution in [0.3, 0.4) is 0 Å². The highest BCUT2D eigenvalue weighted by Crippen LogP contribution is 2.42. The average Bonchev–Trinajstić information content (AvgIpc) is 2.85. The molecule has 0 saturated heterocycles. The van der Waals surface area contributed by atoms with Crippen molar-refractivity contribution < 1.29 is 19.1 Å². The van der Waals surface area contributed by atoms with Gasteiger partial charge in [-0.3, -0.25) is 0 Å². The number of rotatable bonds is 4. The molecule has 3 rings (SSSR count). The van der Waals surface area contributed by atoms with Gasteiger partial charge in [-0.15, -0.1) is 0 Å². The van der Waals surface area contributed by atoms with Gasteiger partial charge in [0.1, 0.15) is 17.1 Å². The Morgan fingerprint density at radius 1 is 1.35 bits per heavy atom. The summed E-state index contributed by atoms with van der Waals surface area (Å²) in [7, 11) is 1.63. The Morgan fingerprint density at radius 2 is 2.09 bits per heavy atom. The summed E-state index contributed by atoms with van der Waals surface area (Å²) < 4.78 is 11.3. The van der Waals surface area contributed by atoms with Gasteiger partial charge in [-0.25, -0.2) is 4.79 Å². The molecule has 1 N–H and O–H groups in total. The molecule has 23 heavy (non-hydrogen) atoms. The lowest BCUT2D eigenvalue weighted by Crippen LogP contribution is -2.22. The maximum atomic E-state index is 11.9. The third-order valence-electron chi connectivity index (χ3n) is 4.55. The topological polar surface area (TPSA) is 59.7 Å². The SMILES string of the molecule is COCc1ccccc1-c1oc2c(c1C(=O)O)CC(C)(C)CC2. The van der Waals surface area contributed by atoms with E-state index in [1.54, 1.807) is 7.11 Å². The van der Waals surface area contributed by atoms with E-state index in [1.165, 1.54) is 0 Å². The van der Waals surface area contributed by atoms with E-state index in [0.717, 1.165) is 41.7 Å². The first kappa shape index (κ1) is 15.8. The molecule has 1 aromatic carbocycles. The number of ether oxygens (including phenoxy) is 1. The molecule has 1 aromatic heterocycles. The molecule has 0 atom stereocenters. The van der Waals surface area contributed by atoms with Crippen molar-refractivity contribution in [2.75, 3.05) is 7.11 Å². The van der Waals surface area contributed by atoms with Crippen LogP contribution in [-0.2, 0) is 24.2 Å². The van der Waals surface area contributed by atoms with Gasteiger partial charge in [-0.05, 0) is 23.8 Å². The zero-order chi connectivity index (χ0) is 16.6. The molecule has 4 heteroatoms. The van der Waals surface area contributed by atoms with Crippen LogP contribution in [0.4, 0.5) is 0 Å². The van der Waals surface area contributed by atoms with Crippen molar-refractivity contribution >= 4 is 5.97 Å². The van der Waals surface area contributed by atoms with Crippen LogP contribution in [-0.4, -0.2) is 18.2 Å². The molecule has 0 unspecified atom stereocenters. The van der Waals surface area contributed by atoms with Gasteiger partial charge < -0.3 is 14.3 Å². The van der Waals surface area contributed by atoms with E-state index in [0.29, 0.717) is 17.9 Å². The summed E-state index contributed by atoms with van der Waals surface area (Å²) in [6.45, 7) is 4.77. The van der Waals surface area contributed by atoms with Gasteiger partial charge in [0.05, 0.1) is 6.61 Å². The fourth-order valence-corrected chi connectivity index (χ4v) is 3.36. The number of hydrogen-bond acceptors (Lipinski definition) is 3. The number of aryl methyl sites for hydroxylation is 1. The number of furan rings is 1. The minimum atomic E-state index is -0.921. The first-order valence-electron chi connectivity index (χ1n) is 7.88. The lowest BCUT2D eigenvalue weighted by Gasteiger charge is -2.28. The van der Waals surface area contributed by atoms with Crippen LogP contribution in [0.5, 0.6) is 0 Å². The van der Waals surface area contributed by atoms with Gasteiger partial charge in [-0.2, -0.15) is 0 Å². The molecular weight excluding hydrogens is 292 g/mol. The second-order valence-electron chi connectivity index (χ2n) is 6.94. The van der Waals surface area contributed by atoms with E-state index in [9.17, 15) is 9.90 Å². The number of aromatic carboxylic acids is 1. The van der Waals surface area contributed by atoms with E-state index < -0.39 is 5.97 Å². The van der Waals surface area contributed by atoms with Crippen LogP contribution in [0.15, 0.2) is 28.7 Å². The lowest BCUT2D eigenvalue weighted by atomic mass is 9.75. The van der Waals surface area contributed by atoms with Crippen LogP contribution in [0.2, 0.25) is 0 Å². The smallest absolute Gasteiger partial charge is 0.339 e. The number of carboxylic acids is 1. The van der Waals surface area contributed by atoms with Crippen molar-refractivity contribution in [2.24, 2.45) is 5.41 Å². The fourth-order valence-electron chi connectivity index (χ4n) is 3.36. The summed E-state index contributed by atoms with van der Waals surface area (Å²) in [6, 6.07) is 7.65. The quantitative estimate of drug-likeness (QED) is 0.913. The molecule has 0 fully saturated rings. The van der Waals surface area contributed by atoms with Crippen LogP contribution >= 0.6 is 0 Å². The van der Waals surface area contributed by atoms with Crippen molar-refractivity contribution in [2.45, 2.75) is 39.7 Å². The molecule has 1 heterocycles. The monoisotopic (exact) mass is 314 g/mol. The van der Waals surface area contributed by atoms with E-state index in [2.05, 4.69) is 13.8 Å². The molecule has 0 amide bonds. The highest BCUT2D eigenvalue weighted by Gasteiger charge is 2.34. The first-order valence-corrected chi connectivity index (χ1v) is 7.88. The number of carboxylic acid groups (broad SMARTS) is 1. The van der Waals surface area contributed by atoms with Crippen LogP contribution in [0.1, 0.15) is 47.5 Å². The Balaban J connectivity index is 2.18. The van der Waals surface area contributed by atoms with Crippen molar-refractivity contribution in [3.05, 3.63) is 46.7 Å². The van der Waals surface area contributed by atoms with Gasteiger partial charge >= 0.3 is 5.97 Å². The highest BCUT2D eigenvalue weighted by atomic mass is 16.5. The van der Waals surface area contributed by atoms with Crippen LogP contribution in [0, 0.1) is 5.41 Å². The molecular formula is C19H22O4. The normalized spacial score (nSPS) is 16.1. The first-order chi connectivity index (χ1) is 10.9. The molecule has 0 aliphatic heterocycles. The summed E-state index contributed by atoms with van der Waals surface area (Å²) in [4.78, 5) is 11.9. The second kappa shape index (κ2) is 5.85. The van der Waals surface area contributed by atoms with Gasteiger partial charge in [0.25, 0.3) is 0 Å². The Morgan fingerprint density at radius 3 is 2.78 bits per heavy atom. The lowest BCUT2D eigenvalue weighted by molar-refractivity contribution is 0.0695. The minimum absolute atomic E-state index is 0.102. The summed E-state index contributed by atoms with van der Waals surface area (Å²) in [5, 5.41) is 9.77. The highest BCUT2D eigenvalue weighted by molar-refractivity contribution is 5.97. The molecule has 1 aliphatic carbocycles. The van der Waals surface area contributed by atoms with E-state index in [-0.39, 0.29) is 5.41 Å². The molecule has 1 aliphatic rings. The Bertz CT molecular complexity index is 740. The van der Waals surface area contributed by atoms with Crippen molar-refractivity contribution in [1.29, 1.82) is 0 Å². The molecule has 0 bridgehead atoms. The molecule has 2 aromatic rings. The standard InChI is InChI=1S/C19H22O4/c1-19(2)9-8-15-14(10-19)16(18(20)21)17(23-15)13-7-5-4-6-12(13)11-22-3/h4-7H,8-11H2,1-3H3,(H,20,21). The van der Waals surface area contributed by atoms with Gasteiger partial charge in [0.2, 0.25) is 0 Å². The van der Waals surface area contributed by atoms with Crippen LogP contribution in [0.25, 0.3) is 11.3 Å². The Hall–Kier alpha value is -2.07.